The number of esters is 1. The number of carbonyl (C=O) groups excluding carboxylic acids is 2. The maximum atomic E-state index is 13.0. The summed E-state index contributed by atoms with van der Waals surface area (Å²) in [6, 6.07) is 9.09. The van der Waals surface area contributed by atoms with Crippen molar-refractivity contribution in [1.29, 1.82) is 0 Å². The Bertz CT molecular complexity index is 1040. The maximum Gasteiger partial charge on any atom is 0.322 e. The van der Waals surface area contributed by atoms with Gasteiger partial charge in [0, 0.05) is 24.9 Å². The molecule has 160 valence electrons. The van der Waals surface area contributed by atoms with Gasteiger partial charge < -0.3 is 10.1 Å². The molecule has 0 aliphatic heterocycles. The van der Waals surface area contributed by atoms with Crippen LogP contribution in [0.2, 0.25) is 0 Å². The number of non-ortho nitro benzene ring substituents is 1. The Labute approximate surface area is 171 Å². The molecule has 0 aliphatic carbocycles. The van der Waals surface area contributed by atoms with Gasteiger partial charge in [0.1, 0.15) is 12.4 Å². The minimum absolute atomic E-state index is 0.155. The molecular weight excluding hydrogens is 421 g/mol. The quantitative estimate of drug-likeness (QED) is 0.377. The summed E-state index contributed by atoms with van der Waals surface area (Å²) in [5.74, 6) is -2.29. The van der Waals surface area contributed by atoms with E-state index in [1.165, 1.54) is 31.2 Å². The number of hydrogen-bond donors (Lipinski definition) is 1. The molecule has 10 nitrogen and oxygen atoms in total. The van der Waals surface area contributed by atoms with E-state index in [0.29, 0.717) is 4.31 Å². The summed E-state index contributed by atoms with van der Waals surface area (Å²) in [6.07, 6.45) is -1.25. The van der Waals surface area contributed by atoms with Crippen LogP contribution in [0.15, 0.2) is 53.4 Å². The van der Waals surface area contributed by atoms with Crippen molar-refractivity contribution in [3.05, 3.63) is 64.5 Å². The number of nitro benzene ring substituents is 1. The fraction of sp³-hybridized carbons (Fsp3) is 0.222. The van der Waals surface area contributed by atoms with E-state index in [9.17, 15) is 32.5 Å². The van der Waals surface area contributed by atoms with Gasteiger partial charge in [-0.05, 0) is 43.3 Å². The van der Waals surface area contributed by atoms with Crippen LogP contribution in [0.3, 0.4) is 0 Å². The fourth-order valence-corrected chi connectivity index (χ4v) is 3.37. The molecule has 2 aromatic rings. The van der Waals surface area contributed by atoms with Gasteiger partial charge in [-0.3, -0.25) is 19.7 Å². The van der Waals surface area contributed by atoms with Gasteiger partial charge in [-0.15, -0.1) is 0 Å². The van der Waals surface area contributed by atoms with Crippen molar-refractivity contribution in [3.8, 4) is 0 Å². The van der Waals surface area contributed by atoms with E-state index in [1.807, 2.05) is 0 Å². The Morgan fingerprint density at radius 2 is 1.73 bits per heavy atom. The molecule has 12 heteroatoms. The normalized spacial score (nSPS) is 12.3. The molecule has 0 fully saturated rings. The Balaban J connectivity index is 1.93. The minimum Gasteiger partial charge on any atom is -0.452 e. The molecule has 0 radical (unpaired) electrons. The molecule has 0 saturated heterocycles. The van der Waals surface area contributed by atoms with Crippen LogP contribution in [-0.4, -0.2) is 49.2 Å². The zero-order chi connectivity index (χ0) is 22.5. The first-order chi connectivity index (χ1) is 14.0. The van der Waals surface area contributed by atoms with Crippen molar-refractivity contribution < 1.29 is 32.1 Å². The number of likely N-dealkylation sites (N-methyl/N-ethyl adjacent to an activating group) is 1. The standard InChI is InChI=1S/C18H18FN3O7S/c1-12(18(24)20-14-5-7-15(8-6-14)22(25)26)29-17(23)11-21(2)30(27,28)16-9-3-13(19)4-10-16/h3-10,12H,11H2,1-2H3,(H,20,24). The number of ether oxygens (including phenoxy) is 1. The first-order valence-corrected chi connectivity index (χ1v) is 9.91. The second kappa shape index (κ2) is 9.41. The van der Waals surface area contributed by atoms with Crippen LogP contribution >= 0.6 is 0 Å². The molecule has 0 heterocycles. The van der Waals surface area contributed by atoms with Gasteiger partial charge in [-0.2, -0.15) is 4.31 Å². The number of nitro groups is 1. The van der Waals surface area contributed by atoms with Crippen LogP contribution < -0.4 is 5.32 Å². The summed E-state index contributed by atoms with van der Waals surface area (Å²) in [5.41, 5.74) is 0.0994. The Hall–Kier alpha value is -3.38. The van der Waals surface area contributed by atoms with E-state index in [1.54, 1.807) is 0 Å². The minimum atomic E-state index is -4.06. The fourth-order valence-electron chi connectivity index (χ4n) is 2.25. The summed E-state index contributed by atoms with van der Waals surface area (Å²) in [7, 11) is -2.92. The molecule has 0 spiro atoms. The van der Waals surface area contributed by atoms with Crippen LogP contribution in [0, 0.1) is 15.9 Å². The number of nitrogens with zero attached hydrogens (tertiary/aromatic N) is 2. The summed E-state index contributed by atoms with van der Waals surface area (Å²) in [5, 5.41) is 13.0. The number of amides is 1. The highest BCUT2D eigenvalue weighted by Crippen LogP contribution is 2.17. The van der Waals surface area contributed by atoms with Gasteiger partial charge >= 0.3 is 5.97 Å². The van der Waals surface area contributed by atoms with E-state index in [-0.39, 0.29) is 16.3 Å². The van der Waals surface area contributed by atoms with Gasteiger partial charge in [0.15, 0.2) is 6.10 Å². The van der Waals surface area contributed by atoms with E-state index >= 15 is 0 Å². The van der Waals surface area contributed by atoms with Crippen molar-refractivity contribution >= 4 is 33.3 Å². The number of halogens is 1. The molecule has 1 unspecified atom stereocenters. The lowest BCUT2D eigenvalue weighted by Crippen LogP contribution is -2.37. The smallest absolute Gasteiger partial charge is 0.322 e. The van der Waals surface area contributed by atoms with Gasteiger partial charge in [0.25, 0.3) is 11.6 Å². The van der Waals surface area contributed by atoms with Gasteiger partial charge in [-0.1, -0.05) is 0 Å². The van der Waals surface area contributed by atoms with E-state index < -0.39 is 45.3 Å². The Morgan fingerprint density at radius 1 is 1.17 bits per heavy atom. The molecule has 1 amide bonds. The molecule has 2 aromatic carbocycles. The molecule has 0 bridgehead atoms. The zero-order valence-corrected chi connectivity index (χ0v) is 16.8. The second-order valence-corrected chi connectivity index (χ2v) is 8.19. The molecular formula is C18H18FN3O7S. The number of nitrogens with one attached hydrogen (secondary N) is 1. The SMILES string of the molecule is CC(OC(=O)CN(C)S(=O)(=O)c1ccc(F)cc1)C(=O)Nc1ccc([N+](=O)[O-])cc1. The summed E-state index contributed by atoms with van der Waals surface area (Å²) < 4.78 is 43.4. The first-order valence-electron chi connectivity index (χ1n) is 8.47. The van der Waals surface area contributed by atoms with Crippen molar-refractivity contribution in [2.45, 2.75) is 17.9 Å². The lowest BCUT2D eigenvalue weighted by molar-refractivity contribution is -0.384. The van der Waals surface area contributed by atoms with Gasteiger partial charge in [-0.25, -0.2) is 12.8 Å². The molecule has 0 aromatic heterocycles. The van der Waals surface area contributed by atoms with Crippen LogP contribution in [0.5, 0.6) is 0 Å². The van der Waals surface area contributed by atoms with Crippen LogP contribution in [0.1, 0.15) is 6.92 Å². The largest absolute Gasteiger partial charge is 0.452 e. The highest BCUT2D eigenvalue weighted by molar-refractivity contribution is 7.89. The maximum absolute atomic E-state index is 13.0. The summed E-state index contributed by atoms with van der Waals surface area (Å²) >= 11 is 0. The third-order valence-corrected chi connectivity index (χ3v) is 5.71. The lowest BCUT2D eigenvalue weighted by Gasteiger charge is -2.18. The van der Waals surface area contributed by atoms with Crippen LogP contribution in [0.25, 0.3) is 0 Å². The predicted molar refractivity (Wildman–Crippen MR) is 103 cm³/mol. The summed E-state index contributed by atoms with van der Waals surface area (Å²) in [4.78, 5) is 34.0. The molecule has 1 N–H and O–H groups in total. The number of carbonyl (C=O) groups is 2. The lowest BCUT2D eigenvalue weighted by atomic mass is 10.2. The van der Waals surface area contributed by atoms with Crippen LogP contribution in [-0.2, 0) is 24.3 Å². The average Bonchev–Trinajstić information content (AvgIpc) is 2.68. The van der Waals surface area contributed by atoms with Crippen molar-refractivity contribution in [1.82, 2.24) is 4.31 Å². The third-order valence-electron chi connectivity index (χ3n) is 3.90. The van der Waals surface area contributed by atoms with E-state index in [4.69, 9.17) is 4.74 Å². The molecule has 30 heavy (non-hydrogen) atoms. The molecule has 0 saturated carbocycles. The second-order valence-electron chi connectivity index (χ2n) is 6.14. The summed E-state index contributed by atoms with van der Waals surface area (Å²) in [6.45, 7) is 0.613. The zero-order valence-electron chi connectivity index (χ0n) is 15.9. The number of sulfonamides is 1. The number of anilines is 1. The van der Waals surface area contributed by atoms with Gasteiger partial charge in [0.05, 0.1) is 9.82 Å². The highest BCUT2D eigenvalue weighted by atomic mass is 32.2. The number of rotatable bonds is 8. The molecule has 1 atom stereocenters. The van der Waals surface area contributed by atoms with Crippen LogP contribution in [0.4, 0.5) is 15.8 Å². The molecule has 2 rings (SSSR count). The first kappa shape index (κ1) is 22.9. The number of benzene rings is 2. The number of hydrogen-bond acceptors (Lipinski definition) is 7. The van der Waals surface area contributed by atoms with Gasteiger partial charge in [0.2, 0.25) is 10.0 Å². The monoisotopic (exact) mass is 439 g/mol. The van der Waals surface area contributed by atoms with E-state index in [2.05, 4.69) is 5.32 Å². The molecule has 0 aliphatic rings. The van der Waals surface area contributed by atoms with E-state index in [0.717, 1.165) is 31.3 Å². The Kier molecular flexibility index (Phi) is 7.19. The predicted octanol–water partition coefficient (Wildman–Crippen LogP) is 1.92. The van der Waals surface area contributed by atoms with Crippen molar-refractivity contribution in [2.24, 2.45) is 0 Å². The highest BCUT2D eigenvalue weighted by Gasteiger charge is 2.26. The van der Waals surface area contributed by atoms with Crippen molar-refractivity contribution in [2.75, 3.05) is 18.9 Å². The average molecular weight is 439 g/mol. The van der Waals surface area contributed by atoms with Crippen molar-refractivity contribution in [3.63, 3.8) is 0 Å². The Morgan fingerprint density at radius 3 is 2.27 bits per heavy atom. The topological polar surface area (TPSA) is 136 Å². The third kappa shape index (κ3) is 5.81.